The van der Waals surface area contributed by atoms with E-state index in [0.29, 0.717) is 30.8 Å². The molecule has 1 heterocycles. The van der Waals surface area contributed by atoms with Crippen LogP contribution in [0.15, 0.2) is 34.1 Å². The van der Waals surface area contributed by atoms with Gasteiger partial charge in [0, 0.05) is 30.4 Å². The van der Waals surface area contributed by atoms with Gasteiger partial charge < -0.3 is 10.0 Å². The third-order valence-corrected chi connectivity index (χ3v) is 7.37. The van der Waals surface area contributed by atoms with Gasteiger partial charge in [-0.1, -0.05) is 0 Å². The molecule has 140 valence electrons. The minimum atomic E-state index is -3.55. The Bertz CT molecular complexity index is 689. The maximum absolute atomic E-state index is 12.9. The first-order valence-corrected chi connectivity index (χ1v) is 10.9. The van der Waals surface area contributed by atoms with Crippen molar-refractivity contribution in [1.82, 2.24) is 9.21 Å². The van der Waals surface area contributed by atoms with Crippen molar-refractivity contribution in [2.75, 3.05) is 33.4 Å². The molecule has 1 aliphatic rings. The van der Waals surface area contributed by atoms with E-state index in [1.165, 1.54) is 4.31 Å². The van der Waals surface area contributed by atoms with E-state index >= 15 is 0 Å². The second kappa shape index (κ2) is 8.53. The lowest BCUT2D eigenvalue weighted by Gasteiger charge is -2.41. The molecular weight excluding hydrogens is 360 g/mol. The van der Waals surface area contributed by atoms with Gasteiger partial charge in [-0.3, -0.25) is 4.79 Å². The van der Waals surface area contributed by atoms with Crippen molar-refractivity contribution in [2.45, 2.75) is 35.1 Å². The summed E-state index contributed by atoms with van der Waals surface area (Å²) < 4.78 is 27.4. The van der Waals surface area contributed by atoms with Gasteiger partial charge in [-0.2, -0.15) is 4.31 Å². The van der Waals surface area contributed by atoms with Crippen LogP contribution >= 0.6 is 11.8 Å². The van der Waals surface area contributed by atoms with Gasteiger partial charge in [0.15, 0.2) is 0 Å². The number of carboxylic acids is 1. The first-order chi connectivity index (χ1) is 11.8. The molecule has 2 rings (SSSR count). The molecule has 1 fully saturated rings. The maximum Gasteiger partial charge on any atom is 0.303 e. The summed E-state index contributed by atoms with van der Waals surface area (Å²) in [5.74, 6) is -0.828. The number of aliphatic carboxylic acids is 1. The third-order valence-electron chi connectivity index (χ3n) is 4.75. The van der Waals surface area contributed by atoms with Crippen molar-refractivity contribution in [3.8, 4) is 0 Å². The van der Waals surface area contributed by atoms with Gasteiger partial charge in [0.2, 0.25) is 10.0 Å². The molecule has 1 aliphatic heterocycles. The van der Waals surface area contributed by atoms with Gasteiger partial charge in [-0.25, -0.2) is 8.42 Å². The molecule has 1 saturated heterocycles. The Morgan fingerprint density at radius 2 is 1.96 bits per heavy atom. The van der Waals surface area contributed by atoms with Gasteiger partial charge in [0.05, 0.1) is 4.90 Å². The molecule has 8 heteroatoms. The Labute approximate surface area is 154 Å². The van der Waals surface area contributed by atoms with Crippen LogP contribution in [0.2, 0.25) is 0 Å². The molecule has 0 unspecified atom stereocenters. The van der Waals surface area contributed by atoms with Gasteiger partial charge >= 0.3 is 5.97 Å². The van der Waals surface area contributed by atoms with Crippen LogP contribution in [0.1, 0.15) is 19.3 Å². The van der Waals surface area contributed by atoms with E-state index < -0.39 is 16.0 Å². The van der Waals surface area contributed by atoms with Crippen molar-refractivity contribution in [1.29, 1.82) is 0 Å². The molecule has 0 aromatic heterocycles. The Morgan fingerprint density at radius 3 is 2.48 bits per heavy atom. The normalized spacial score (nSPS) is 22.2. The topological polar surface area (TPSA) is 77.9 Å². The monoisotopic (exact) mass is 386 g/mol. The lowest BCUT2D eigenvalue weighted by molar-refractivity contribution is -0.137. The Balaban J connectivity index is 2.18. The van der Waals surface area contributed by atoms with Crippen molar-refractivity contribution in [2.24, 2.45) is 5.92 Å². The number of benzene rings is 1. The maximum atomic E-state index is 12.9. The number of carboxylic acid groups (broad SMARTS) is 1. The first-order valence-electron chi connectivity index (χ1n) is 8.28. The molecule has 0 amide bonds. The molecule has 1 aromatic rings. The highest BCUT2D eigenvalue weighted by Gasteiger charge is 2.36. The van der Waals surface area contributed by atoms with E-state index in [-0.39, 0.29) is 18.4 Å². The highest BCUT2D eigenvalue weighted by molar-refractivity contribution is 7.98. The summed E-state index contributed by atoms with van der Waals surface area (Å²) in [5, 5.41) is 8.97. The number of hydrogen-bond donors (Lipinski definition) is 1. The molecule has 0 bridgehead atoms. The zero-order valence-electron chi connectivity index (χ0n) is 14.9. The van der Waals surface area contributed by atoms with Crippen molar-refractivity contribution < 1.29 is 18.3 Å². The SMILES string of the molecule is CSc1ccc(S(=O)(=O)N2CC[C@H](N(C)C)[C@H](CCC(=O)O)C2)cc1. The molecule has 25 heavy (non-hydrogen) atoms. The van der Waals surface area contributed by atoms with Crippen LogP contribution in [-0.2, 0) is 14.8 Å². The average Bonchev–Trinajstić information content (AvgIpc) is 2.59. The molecule has 0 saturated carbocycles. The Hall–Kier alpha value is -1.09. The first kappa shape index (κ1) is 20.2. The number of piperidine rings is 1. The lowest BCUT2D eigenvalue weighted by atomic mass is 9.88. The van der Waals surface area contributed by atoms with Gasteiger partial charge in [-0.05, 0) is 63.4 Å². The van der Waals surface area contributed by atoms with Crippen LogP contribution in [0.25, 0.3) is 0 Å². The number of rotatable bonds is 7. The standard InChI is InChI=1S/C17H26N2O4S2/c1-18(2)16-10-11-19(12-13(16)4-9-17(20)21)25(22,23)15-7-5-14(24-3)6-8-15/h5-8,13,16H,4,9-12H2,1-3H3,(H,20,21)/t13-,16+/m1/s1. The third kappa shape index (κ3) is 4.97. The van der Waals surface area contributed by atoms with Crippen molar-refractivity contribution >= 4 is 27.8 Å². The van der Waals surface area contributed by atoms with Crippen molar-refractivity contribution in [3.63, 3.8) is 0 Å². The fraction of sp³-hybridized carbons (Fsp3) is 0.588. The van der Waals surface area contributed by atoms with Crippen LogP contribution in [0.3, 0.4) is 0 Å². The summed E-state index contributed by atoms with van der Waals surface area (Å²) in [6.45, 7) is 0.821. The summed E-state index contributed by atoms with van der Waals surface area (Å²) in [6, 6.07) is 7.11. The number of carbonyl (C=O) groups is 1. The quantitative estimate of drug-likeness (QED) is 0.724. The van der Waals surface area contributed by atoms with Crippen LogP contribution < -0.4 is 0 Å². The molecule has 1 N–H and O–H groups in total. The summed E-state index contributed by atoms with van der Waals surface area (Å²) >= 11 is 1.57. The predicted molar refractivity (Wildman–Crippen MR) is 99.4 cm³/mol. The number of hydrogen-bond acceptors (Lipinski definition) is 5. The molecule has 0 spiro atoms. The molecule has 6 nitrogen and oxygen atoms in total. The summed E-state index contributed by atoms with van der Waals surface area (Å²) in [7, 11) is 0.375. The second-order valence-corrected chi connectivity index (χ2v) is 9.37. The predicted octanol–water partition coefficient (Wildman–Crippen LogP) is 2.21. The molecule has 2 atom stereocenters. The summed E-state index contributed by atoms with van der Waals surface area (Å²) in [5.41, 5.74) is 0. The van der Waals surface area contributed by atoms with E-state index in [1.54, 1.807) is 23.9 Å². The summed E-state index contributed by atoms with van der Waals surface area (Å²) in [6.07, 6.45) is 3.20. The zero-order chi connectivity index (χ0) is 18.6. The minimum Gasteiger partial charge on any atom is -0.481 e. The van der Waals surface area contributed by atoms with Crippen molar-refractivity contribution in [3.05, 3.63) is 24.3 Å². The van der Waals surface area contributed by atoms with E-state index in [0.717, 1.165) is 4.90 Å². The largest absolute Gasteiger partial charge is 0.481 e. The Morgan fingerprint density at radius 1 is 1.32 bits per heavy atom. The van der Waals surface area contributed by atoms with Crippen LogP contribution in [-0.4, -0.2) is 68.2 Å². The van der Waals surface area contributed by atoms with Gasteiger partial charge in [0.25, 0.3) is 0 Å². The smallest absolute Gasteiger partial charge is 0.303 e. The van der Waals surface area contributed by atoms with Crippen LogP contribution in [0.4, 0.5) is 0 Å². The Kier molecular flexibility index (Phi) is 6.90. The molecule has 0 radical (unpaired) electrons. The minimum absolute atomic E-state index is 0.0140. The molecule has 1 aromatic carbocycles. The number of nitrogens with zero attached hydrogens (tertiary/aromatic N) is 2. The molecular formula is C17H26N2O4S2. The van der Waals surface area contributed by atoms with Crippen LogP contribution in [0.5, 0.6) is 0 Å². The number of sulfonamides is 1. The highest BCUT2D eigenvalue weighted by Crippen LogP contribution is 2.29. The van der Waals surface area contributed by atoms with E-state index in [4.69, 9.17) is 5.11 Å². The zero-order valence-corrected chi connectivity index (χ0v) is 16.5. The fourth-order valence-electron chi connectivity index (χ4n) is 3.37. The second-order valence-electron chi connectivity index (χ2n) is 6.55. The fourth-order valence-corrected chi connectivity index (χ4v) is 5.29. The van der Waals surface area contributed by atoms with E-state index in [2.05, 4.69) is 4.90 Å². The highest BCUT2D eigenvalue weighted by atomic mass is 32.2. The average molecular weight is 387 g/mol. The van der Waals surface area contributed by atoms with Crippen LogP contribution in [0, 0.1) is 5.92 Å². The van der Waals surface area contributed by atoms with E-state index in [9.17, 15) is 13.2 Å². The number of thioether (sulfide) groups is 1. The molecule has 0 aliphatic carbocycles. The van der Waals surface area contributed by atoms with E-state index in [1.807, 2.05) is 32.5 Å². The lowest BCUT2D eigenvalue weighted by Crippen LogP contribution is -2.50. The van der Waals surface area contributed by atoms with Gasteiger partial charge in [-0.15, -0.1) is 11.8 Å². The summed E-state index contributed by atoms with van der Waals surface area (Å²) in [4.78, 5) is 14.3. The van der Waals surface area contributed by atoms with Gasteiger partial charge in [0.1, 0.15) is 0 Å².